The molecule has 1 fully saturated rings. The highest BCUT2D eigenvalue weighted by Crippen LogP contribution is 2.24. The number of hydrogen-bond acceptors (Lipinski definition) is 2. The summed E-state index contributed by atoms with van der Waals surface area (Å²) < 4.78 is 17.7. The lowest BCUT2D eigenvalue weighted by molar-refractivity contribution is 0.0761. The zero-order valence-electron chi connectivity index (χ0n) is 14.5. The summed E-state index contributed by atoms with van der Waals surface area (Å²) >= 11 is 0. The van der Waals surface area contributed by atoms with E-state index in [1.807, 2.05) is 34.0 Å². The van der Waals surface area contributed by atoms with E-state index in [2.05, 4.69) is 5.10 Å². The van der Waals surface area contributed by atoms with Gasteiger partial charge in [-0.05, 0) is 37.1 Å². The Morgan fingerprint density at radius 3 is 2.35 bits per heavy atom. The molecule has 0 aliphatic carbocycles. The van der Waals surface area contributed by atoms with Crippen molar-refractivity contribution in [3.05, 3.63) is 66.4 Å². The molecule has 5 nitrogen and oxygen atoms in total. The molecule has 6 heteroatoms. The van der Waals surface area contributed by atoms with Crippen LogP contribution in [0.3, 0.4) is 0 Å². The summed E-state index contributed by atoms with van der Waals surface area (Å²) in [5.74, 6) is 0.144. The minimum absolute atomic E-state index is 0.0433. The number of carbonyl (C=O) groups excluding carboxylic acids is 1. The zero-order chi connectivity index (χ0) is 17.9. The standard InChI is InChI=1S/C20H21FN4O/c21-17-9-3-4-10-18(17)25-19(23-11-7-8-12-23)16(15-22-25)20(26)24-13-5-1-2-6-14-24/h3-4,7-12,15H,1-2,5-6,13-14H2. The maximum absolute atomic E-state index is 14.4. The number of halogens is 1. The van der Waals surface area contributed by atoms with E-state index < -0.39 is 0 Å². The number of amides is 1. The van der Waals surface area contributed by atoms with Crippen LogP contribution in [0.2, 0.25) is 0 Å². The molecule has 1 aromatic carbocycles. The van der Waals surface area contributed by atoms with Crippen LogP contribution in [0.1, 0.15) is 36.0 Å². The molecular formula is C20H21FN4O. The molecule has 134 valence electrons. The van der Waals surface area contributed by atoms with Crippen LogP contribution < -0.4 is 0 Å². The smallest absolute Gasteiger partial charge is 0.259 e. The van der Waals surface area contributed by atoms with Gasteiger partial charge in [-0.2, -0.15) is 5.10 Å². The molecule has 2 aromatic heterocycles. The van der Waals surface area contributed by atoms with Crippen molar-refractivity contribution in [3.8, 4) is 11.5 Å². The number of hydrogen-bond donors (Lipinski definition) is 0. The summed E-state index contributed by atoms with van der Waals surface area (Å²) in [7, 11) is 0. The van der Waals surface area contributed by atoms with Crippen molar-refractivity contribution in [2.75, 3.05) is 13.1 Å². The van der Waals surface area contributed by atoms with Crippen molar-refractivity contribution >= 4 is 5.91 Å². The molecule has 3 heterocycles. The lowest BCUT2D eigenvalue weighted by Crippen LogP contribution is -2.32. The first kappa shape index (κ1) is 16.6. The molecule has 1 aliphatic heterocycles. The number of para-hydroxylation sites is 1. The van der Waals surface area contributed by atoms with Gasteiger partial charge in [0.05, 0.1) is 6.20 Å². The van der Waals surface area contributed by atoms with Gasteiger partial charge in [-0.1, -0.05) is 25.0 Å². The summed E-state index contributed by atoms with van der Waals surface area (Å²) in [4.78, 5) is 15.1. The molecule has 0 N–H and O–H groups in total. The highest BCUT2D eigenvalue weighted by Gasteiger charge is 2.25. The topological polar surface area (TPSA) is 43.1 Å². The summed E-state index contributed by atoms with van der Waals surface area (Å²) in [6.45, 7) is 1.52. The Morgan fingerprint density at radius 1 is 0.962 bits per heavy atom. The van der Waals surface area contributed by atoms with Crippen molar-refractivity contribution in [2.24, 2.45) is 0 Å². The predicted molar refractivity (Wildman–Crippen MR) is 97.2 cm³/mol. The highest BCUT2D eigenvalue weighted by atomic mass is 19.1. The molecule has 0 bridgehead atoms. The predicted octanol–water partition coefficient (Wildman–Crippen LogP) is 3.82. The Hall–Kier alpha value is -2.89. The van der Waals surface area contributed by atoms with Crippen molar-refractivity contribution in [3.63, 3.8) is 0 Å². The van der Waals surface area contributed by atoms with E-state index in [0.29, 0.717) is 17.1 Å². The zero-order valence-corrected chi connectivity index (χ0v) is 14.5. The average molecular weight is 352 g/mol. The summed E-state index contributed by atoms with van der Waals surface area (Å²) in [5.41, 5.74) is 0.817. The van der Waals surface area contributed by atoms with Gasteiger partial charge in [0, 0.05) is 25.5 Å². The first-order chi connectivity index (χ1) is 12.8. The van der Waals surface area contributed by atoms with E-state index in [1.54, 1.807) is 24.4 Å². The Kier molecular flexibility index (Phi) is 4.56. The quantitative estimate of drug-likeness (QED) is 0.719. The molecule has 4 rings (SSSR count). The summed E-state index contributed by atoms with van der Waals surface area (Å²) in [6.07, 6.45) is 9.58. The lowest BCUT2D eigenvalue weighted by atomic mass is 10.2. The van der Waals surface area contributed by atoms with Crippen LogP contribution in [-0.2, 0) is 0 Å². The van der Waals surface area contributed by atoms with Gasteiger partial charge in [-0.25, -0.2) is 9.07 Å². The van der Waals surface area contributed by atoms with E-state index >= 15 is 0 Å². The second-order valence-electron chi connectivity index (χ2n) is 6.54. The van der Waals surface area contributed by atoms with Gasteiger partial charge < -0.3 is 9.47 Å². The van der Waals surface area contributed by atoms with Crippen LogP contribution in [0.5, 0.6) is 0 Å². The summed E-state index contributed by atoms with van der Waals surface area (Å²) in [6, 6.07) is 10.2. The van der Waals surface area contributed by atoms with Crippen LogP contribution >= 0.6 is 0 Å². The Balaban J connectivity index is 1.81. The van der Waals surface area contributed by atoms with Crippen LogP contribution in [0, 0.1) is 5.82 Å². The van der Waals surface area contributed by atoms with Gasteiger partial charge in [0.1, 0.15) is 17.1 Å². The minimum atomic E-state index is -0.377. The van der Waals surface area contributed by atoms with Crippen LogP contribution in [-0.4, -0.2) is 38.2 Å². The number of nitrogens with zero attached hydrogens (tertiary/aromatic N) is 4. The lowest BCUT2D eigenvalue weighted by Gasteiger charge is -2.20. The Bertz CT molecular complexity index is 892. The van der Waals surface area contributed by atoms with Crippen molar-refractivity contribution in [1.82, 2.24) is 19.2 Å². The second-order valence-corrected chi connectivity index (χ2v) is 6.54. The molecular weight excluding hydrogens is 331 g/mol. The van der Waals surface area contributed by atoms with Gasteiger partial charge in [0.25, 0.3) is 5.91 Å². The fourth-order valence-corrected chi connectivity index (χ4v) is 3.46. The van der Waals surface area contributed by atoms with E-state index in [-0.39, 0.29) is 11.7 Å². The fourth-order valence-electron chi connectivity index (χ4n) is 3.46. The van der Waals surface area contributed by atoms with Gasteiger partial charge >= 0.3 is 0 Å². The van der Waals surface area contributed by atoms with Crippen molar-refractivity contribution in [2.45, 2.75) is 25.7 Å². The van der Waals surface area contributed by atoms with Gasteiger partial charge in [0.15, 0.2) is 5.82 Å². The van der Waals surface area contributed by atoms with Gasteiger partial charge in [-0.3, -0.25) is 4.79 Å². The maximum atomic E-state index is 14.4. The SMILES string of the molecule is O=C(c1cnn(-c2ccccc2F)c1-n1cccc1)N1CCCCCC1. The van der Waals surface area contributed by atoms with Gasteiger partial charge in [0.2, 0.25) is 0 Å². The number of likely N-dealkylation sites (tertiary alicyclic amines) is 1. The average Bonchev–Trinajstić information content (AvgIpc) is 3.24. The summed E-state index contributed by atoms with van der Waals surface area (Å²) in [5, 5.41) is 4.35. The maximum Gasteiger partial charge on any atom is 0.259 e. The largest absolute Gasteiger partial charge is 0.338 e. The third-order valence-electron chi connectivity index (χ3n) is 4.80. The van der Waals surface area contributed by atoms with E-state index in [4.69, 9.17) is 0 Å². The Labute approximate surface area is 151 Å². The van der Waals surface area contributed by atoms with E-state index in [0.717, 1.165) is 38.8 Å². The van der Waals surface area contributed by atoms with Crippen molar-refractivity contribution < 1.29 is 9.18 Å². The van der Waals surface area contributed by atoms with Crippen LogP contribution in [0.4, 0.5) is 4.39 Å². The molecule has 1 aliphatic rings. The monoisotopic (exact) mass is 352 g/mol. The van der Waals surface area contributed by atoms with Crippen molar-refractivity contribution in [1.29, 1.82) is 0 Å². The third-order valence-corrected chi connectivity index (χ3v) is 4.80. The van der Waals surface area contributed by atoms with E-state index in [1.165, 1.54) is 10.7 Å². The van der Waals surface area contributed by atoms with Crippen LogP contribution in [0.25, 0.3) is 11.5 Å². The number of aromatic nitrogens is 3. The first-order valence-electron chi connectivity index (χ1n) is 9.01. The minimum Gasteiger partial charge on any atom is -0.338 e. The molecule has 1 amide bonds. The molecule has 0 unspecified atom stereocenters. The fraction of sp³-hybridized carbons (Fsp3) is 0.300. The van der Waals surface area contributed by atoms with Crippen LogP contribution in [0.15, 0.2) is 55.0 Å². The molecule has 26 heavy (non-hydrogen) atoms. The first-order valence-corrected chi connectivity index (χ1v) is 9.01. The normalized spacial score (nSPS) is 15.0. The molecule has 1 saturated heterocycles. The molecule has 3 aromatic rings. The third kappa shape index (κ3) is 3.03. The van der Waals surface area contributed by atoms with Gasteiger partial charge in [-0.15, -0.1) is 0 Å². The molecule has 0 spiro atoms. The second kappa shape index (κ2) is 7.15. The Morgan fingerprint density at radius 2 is 1.65 bits per heavy atom. The number of rotatable bonds is 3. The molecule has 0 radical (unpaired) electrons. The molecule has 0 atom stereocenters. The van der Waals surface area contributed by atoms with E-state index in [9.17, 15) is 9.18 Å². The number of benzene rings is 1. The highest BCUT2D eigenvalue weighted by molar-refractivity contribution is 5.97. The number of carbonyl (C=O) groups is 1. The molecule has 0 saturated carbocycles.